The molecule has 2 fully saturated rings. The van der Waals surface area contributed by atoms with E-state index in [0.29, 0.717) is 11.1 Å². The molecule has 2 aromatic carbocycles. The number of amides is 1. The maximum Gasteiger partial charge on any atom is 0.338 e. The van der Waals surface area contributed by atoms with Gasteiger partial charge in [-0.05, 0) is 36.3 Å². The molecule has 11 heteroatoms. The molecule has 5 rings (SSSR count). The fraction of sp³-hybridized carbons (Fsp3) is 0.226. The van der Waals surface area contributed by atoms with Crippen LogP contribution in [0.1, 0.15) is 40.2 Å². The number of benzene rings is 2. The zero-order chi connectivity index (χ0) is 30.1. The van der Waals surface area contributed by atoms with Crippen molar-refractivity contribution in [2.24, 2.45) is 0 Å². The van der Waals surface area contributed by atoms with E-state index >= 15 is 0 Å². The minimum absolute atomic E-state index is 0.00201. The van der Waals surface area contributed by atoms with Crippen LogP contribution in [0.25, 0.3) is 6.08 Å². The monoisotopic (exact) mass is 588 g/mol. The number of fused-ring (bicyclic) bond motifs is 1. The van der Waals surface area contributed by atoms with Crippen LogP contribution in [-0.2, 0) is 28.9 Å². The summed E-state index contributed by atoms with van der Waals surface area (Å²) in [6.07, 6.45) is 3.11. The molecule has 1 amide bonds. The summed E-state index contributed by atoms with van der Waals surface area (Å²) in [7, 11) is -4.32. The molecular formula is C31H28N2O8S. The average Bonchev–Trinajstić information content (AvgIpc) is 3.18. The number of β-lactam (4-membered cyclic amide) rings is 1. The van der Waals surface area contributed by atoms with E-state index in [1.807, 2.05) is 12.1 Å². The van der Waals surface area contributed by atoms with Crippen LogP contribution in [0, 0.1) is 0 Å². The van der Waals surface area contributed by atoms with Crippen LogP contribution in [0.4, 0.5) is 0 Å². The lowest BCUT2D eigenvalue weighted by atomic mass is 9.94. The van der Waals surface area contributed by atoms with Gasteiger partial charge in [0.05, 0.1) is 23.4 Å². The first-order valence-corrected chi connectivity index (χ1v) is 14.6. The van der Waals surface area contributed by atoms with Gasteiger partial charge in [-0.3, -0.25) is 9.78 Å². The predicted molar refractivity (Wildman–Crippen MR) is 152 cm³/mol. The van der Waals surface area contributed by atoms with Gasteiger partial charge in [0.1, 0.15) is 11.4 Å². The molecule has 2 aliphatic rings. The van der Waals surface area contributed by atoms with E-state index in [4.69, 9.17) is 9.47 Å². The van der Waals surface area contributed by atoms with Crippen LogP contribution < -0.4 is 0 Å². The minimum Gasteiger partial charge on any atom is -0.458 e. The quantitative estimate of drug-likeness (QED) is 0.173. The summed E-state index contributed by atoms with van der Waals surface area (Å²) in [4.78, 5) is 44.5. The van der Waals surface area contributed by atoms with Gasteiger partial charge in [-0.15, -0.1) is 0 Å². The first-order valence-electron chi connectivity index (χ1n) is 13.1. The fourth-order valence-electron chi connectivity index (χ4n) is 5.19. The van der Waals surface area contributed by atoms with E-state index in [9.17, 15) is 27.9 Å². The fourth-order valence-corrected chi connectivity index (χ4v) is 7.42. The number of nitrogens with zero attached hydrogens (tertiary/aromatic N) is 2. The third-order valence-corrected chi connectivity index (χ3v) is 10.2. The molecule has 0 bridgehead atoms. The van der Waals surface area contributed by atoms with Crippen molar-refractivity contribution in [3.05, 3.63) is 120 Å². The molecule has 42 heavy (non-hydrogen) atoms. The smallest absolute Gasteiger partial charge is 0.338 e. The van der Waals surface area contributed by atoms with Gasteiger partial charge < -0.3 is 19.5 Å². The molecule has 2 saturated heterocycles. The van der Waals surface area contributed by atoms with Crippen molar-refractivity contribution in [1.82, 2.24) is 9.88 Å². The Bertz CT molecular complexity index is 1630. The third-order valence-electron chi connectivity index (χ3n) is 7.43. The number of aliphatic hydroxyl groups is 1. The maximum atomic E-state index is 13.8. The number of sulfone groups is 1. The van der Waals surface area contributed by atoms with Gasteiger partial charge in [0.15, 0.2) is 27.4 Å². The molecule has 0 aliphatic carbocycles. The molecule has 3 heterocycles. The zero-order valence-corrected chi connectivity index (χ0v) is 23.4. The van der Waals surface area contributed by atoms with Gasteiger partial charge in [0.25, 0.3) is 5.91 Å². The van der Waals surface area contributed by atoms with Crippen molar-refractivity contribution in [2.75, 3.05) is 13.2 Å². The summed E-state index contributed by atoms with van der Waals surface area (Å²) < 4.78 is 36.5. The standard InChI is InChI=1S/C31H28N2O8S/c1-3-16-40-29(36)22-14-15-32-23(17-22)18-24-27(35)33-26(31(2,19-34)42(38,39)28(24)33)30(37)41-25(20-10-6-4-7-11-20)21-12-8-5-9-13-21/h3-15,17-18,25-26,28,34H,1,16,19H2,2H3/b24-18-/t26-,28?,31?/m0/s1. The second-order valence-electron chi connectivity index (χ2n) is 10.1. The molecule has 1 aromatic heterocycles. The Labute approximate surface area is 242 Å². The van der Waals surface area contributed by atoms with Crippen molar-refractivity contribution < 1.29 is 37.4 Å². The average molecular weight is 589 g/mol. The number of pyridine rings is 1. The number of hydrogen-bond donors (Lipinski definition) is 1. The van der Waals surface area contributed by atoms with Crippen LogP contribution in [0.15, 0.2) is 97.2 Å². The largest absolute Gasteiger partial charge is 0.458 e. The zero-order valence-electron chi connectivity index (χ0n) is 22.6. The number of carbonyl (C=O) groups is 3. The number of carbonyl (C=O) groups excluding carboxylic acids is 3. The Hall–Kier alpha value is -4.61. The number of hydrogen-bond acceptors (Lipinski definition) is 9. The van der Waals surface area contributed by atoms with Crippen molar-refractivity contribution in [2.45, 2.75) is 29.2 Å². The van der Waals surface area contributed by atoms with Gasteiger partial charge in [0, 0.05) is 6.20 Å². The molecule has 2 aliphatic heterocycles. The first kappa shape index (κ1) is 28.9. The van der Waals surface area contributed by atoms with Crippen molar-refractivity contribution in [3.63, 3.8) is 0 Å². The Morgan fingerprint density at radius 3 is 2.29 bits per heavy atom. The maximum absolute atomic E-state index is 13.8. The Morgan fingerprint density at radius 2 is 1.71 bits per heavy atom. The Morgan fingerprint density at radius 1 is 1.10 bits per heavy atom. The summed E-state index contributed by atoms with van der Waals surface area (Å²) in [5.41, 5.74) is 1.44. The molecule has 2 unspecified atom stereocenters. The summed E-state index contributed by atoms with van der Waals surface area (Å²) in [5.74, 6) is -2.33. The van der Waals surface area contributed by atoms with Crippen LogP contribution in [0.5, 0.6) is 0 Å². The van der Waals surface area contributed by atoms with E-state index in [2.05, 4.69) is 11.6 Å². The molecule has 0 spiro atoms. The number of aromatic nitrogens is 1. The highest BCUT2D eigenvalue weighted by Gasteiger charge is 2.72. The normalized spacial score (nSPS) is 23.3. The first-order chi connectivity index (χ1) is 20.1. The molecule has 3 aromatic rings. The summed E-state index contributed by atoms with van der Waals surface area (Å²) >= 11 is 0. The molecule has 0 saturated carbocycles. The van der Waals surface area contributed by atoms with Crippen LogP contribution >= 0.6 is 0 Å². The molecule has 3 atom stereocenters. The van der Waals surface area contributed by atoms with Crippen LogP contribution in [-0.4, -0.2) is 70.6 Å². The van der Waals surface area contributed by atoms with E-state index < -0.39 is 56.6 Å². The van der Waals surface area contributed by atoms with E-state index in [0.717, 1.165) is 4.90 Å². The number of rotatable bonds is 9. The highest BCUT2D eigenvalue weighted by Crippen LogP contribution is 2.49. The number of ether oxygens (including phenoxy) is 2. The van der Waals surface area contributed by atoms with E-state index in [-0.39, 0.29) is 23.4 Å². The van der Waals surface area contributed by atoms with Crippen molar-refractivity contribution >= 4 is 33.8 Å². The highest BCUT2D eigenvalue weighted by molar-refractivity contribution is 7.94. The molecule has 0 radical (unpaired) electrons. The molecule has 10 nitrogen and oxygen atoms in total. The predicted octanol–water partition coefficient (Wildman–Crippen LogP) is 2.86. The lowest BCUT2D eigenvalue weighted by Gasteiger charge is -2.39. The summed E-state index contributed by atoms with van der Waals surface area (Å²) in [5, 5.41) is 8.82. The minimum atomic E-state index is -4.32. The highest BCUT2D eigenvalue weighted by atomic mass is 32.2. The van der Waals surface area contributed by atoms with Gasteiger partial charge in [-0.1, -0.05) is 73.3 Å². The summed E-state index contributed by atoms with van der Waals surface area (Å²) in [6.45, 7) is 3.79. The summed E-state index contributed by atoms with van der Waals surface area (Å²) in [6, 6.07) is 19.0. The van der Waals surface area contributed by atoms with Crippen LogP contribution in [0.2, 0.25) is 0 Å². The van der Waals surface area contributed by atoms with Gasteiger partial charge in [0.2, 0.25) is 0 Å². The van der Waals surface area contributed by atoms with Crippen molar-refractivity contribution in [3.8, 4) is 0 Å². The third kappa shape index (κ3) is 4.80. The Balaban J connectivity index is 1.48. The lowest BCUT2D eigenvalue weighted by molar-refractivity contribution is -0.161. The Kier molecular flexibility index (Phi) is 7.81. The van der Waals surface area contributed by atoms with Crippen LogP contribution in [0.3, 0.4) is 0 Å². The second-order valence-corrected chi connectivity index (χ2v) is 12.5. The lowest BCUT2D eigenvalue weighted by Crippen LogP contribution is -2.60. The van der Waals surface area contributed by atoms with E-state index in [1.54, 1.807) is 48.5 Å². The molecule has 1 N–H and O–H groups in total. The SMILES string of the molecule is C=CCOC(=O)c1ccnc(/C=C2/C(=O)N3C2S(=O)(=O)C(C)(CO)[C@@H]3C(=O)OC(c2ccccc2)c2ccccc2)c1. The van der Waals surface area contributed by atoms with Gasteiger partial charge >= 0.3 is 11.9 Å². The molecular weight excluding hydrogens is 560 g/mol. The second kappa shape index (κ2) is 11.3. The van der Waals surface area contributed by atoms with E-state index in [1.165, 1.54) is 37.4 Å². The molecule has 216 valence electrons. The number of aliphatic hydroxyl groups excluding tert-OH is 1. The number of esters is 2. The van der Waals surface area contributed by atoms with Gasteiger partial charge in [-0.25, -0.2) is 18.0 Å². The van der Waals surface area contributed by atoms with Gasteiger partial charge in [-0.2, -0.15) is 0 Å². The topological polar surface area (TPSA) is 140 Å². The van der Waals surface area contributed by atoms with Crippen molar-refractivity contribution in [1.29, 1.82) is 0 Å².